The van der Waals surface area contributed by atoms with E-state index in [0.29, 0.717) is 12.5 Å². The van der Waals surface area contributed by atoms with Crippen LogP contribution in [0.1, 0.15) is 16.8 Å². The lowest BCUT2D eigenvalue weighted by Crippen LogP contribution is -2.35. The van der Waals surface area contributed by atoms with Gasteiger partial charge in [-0.05, 0) is 25.4 Å². The van der Waals surface area contributed by atoms with E-state index >= 15 is 0 Å². The van der Waals surface area contributed by atoms with Crippen LogP contribution in [0.5, 0.6) is 0 Å². The van der Waals surface area contributed by atoms with Crippen molar-refractivity contribution in [3.05, 3.63) is 32.6 Å². The minimum atomic E-state index is -1.33. The molecule has 0 bridgehead atoms. The van der Waals surface area contributed by atoms with E-state index in [1.807, 2.05) is 4.98 Å². The van der Waals surface area contributed by atoms with Gasteiger partial charge in [0.25, 0.3) is 5.56 Å². The molecule has 1 fully saturated rings. The van der Waals surface area contributed by atoms with E-state index in [1.165, 1.54) is 4.57 Å². The van der Waals surface area contributed by atoms with Gasteiger partial charge in [0.05, 0.1) is 0 Å². The fraction of sp³-hybridized carbons (Fsp3) is 0.500. The van der Waals surface area contributed by atoms with Gasteiger partial charge in [-0.3, -0.25) is 14.3 Å². The van der Waals surface area contributed by atoms with Crippen LogP contribution in [-0.2, 0) is 6.54 Å². The molecule has 0 aromatic carbocycles. The monoisotopic (exact) mass is 239 g/mol. The van der Waals surface area contributed by atoms with Crippen LogP contribution in [0.4, 0.5) is 0 Å². The Morgan fingerprint density at radius 2 is 2.29 bits per heavy atom. The molecule has 17 heavy (non-hydrogen) atoms. The lowest BCUT2D eigenvalue weighted by molar-refractivity contribution is 0.0693. The maximum Gasteiger partial charge on any atom is 0.342 e. The number of carboxylic acids is 1. The van der Waals surface area contributed by atoms with Crippen molar-refractivity contribution >= 4 is 5.97 Å². The number of hydrogen-bond donors (Lipinski definition) is 3. The van der Waals surface area contributed by atoms with Crippen LogP contribution in [0, 0.1) is 5.92 Å². The molecule has 0 amide bonds. The maximum atomic E-state index is 11.5. The largest absolute Gasteiger partial charge is 0.477 e. The summed E-state index contributed by atoms with van der Waals surface area (Å²) in [6.45, 7) is 2.12. The van der Waals surface area contributed by atoms with Gasteiger partial charge in [-0.15, -0.1) is 0 Å². The fourth-order valence-corrected chi connectivity index (χ4v) is 1.95. The summed E-state index contributed by atoms with van der Waals surface area (Å²) < 4.78 is 1.25. The van der Waals surface area contributed by atoms with Crippen LogP contribution in [-0.4, -0.2) is 33.7 Å². The smallest absolute Gasteiger partial charge is 0.342 e. The Morgan fingerprint density at radius 3 is 2.88 bits per heavy atom. The zero-order chi connectivity index (χ0) is 12.4. The fourth-order valence-electron chi connectivity index (χ4n) is 1.95. The average molecular weight is 239 g/mol. The Kier molecular flexibility index (Phi) is 3.10. The lowest BCUT2D eigenvalue weighted by Gasteiger charge is -2.10. The van der Waals surface area contributed by atoms with Crippen molar-refractivity contribution in [2.24, 2.45) is 5.92 Å². The lowest BCUT2D eigenvalue weighted by atomic mass is 10.1. The first-order valence-electron chi connectivity index (χ1n) is 5.35. The van der Waals surface area contributed by atoms with Crippen LogP contribution in [0.25, 0.3) is 0 Å². The van der Waals surface area contributed by atoms with Crippen molar-refractivity contribution in [3.8, 4) is 0 Å². The zero-order valence-corrected chi connectivity index (χ0v) is 9.10. The van der Waals surface area contributed by atoms with Crippen LogP contribution in [0.3, 0.4) is 0 Å². The quantitative estimate of drug-likeness (QED) is 0.617. The molecule has 1 aromatic rings. The number of carbonyl (C=O) groups is 1. The van der Waals surface area contributed by atoms with Crippen molar-refractivity contribution in [2.75, 3.05) is 13.1 Å². The molecule has 92 valence electrons. The van der Waals surface area contributed by atoms with Gasteiger partial charge in [-0.1, -0.05) is 0 Å². The number of nitrogens with one attached hydrogen (secondary N) is 2. The third-order valence-corrected chi connectivity index (χ3v) is 2.86. The molecule has 3 N–H and O–H groups in total. The van der Waals surface area contributed by atoms with Gasteiger partial charge in [-0.2, -0.15) is 0 Å². The summed E-state index contributed by atoms with van der Waals surface area (Å²) in [4.78, 5) is 35.5. The zero-order valence-electron chi connectivity index (χ0n) is 9.10. The summed E-state index contributed by atoms with van der Waals surface area (Å²) in [5, 5.41) is 12.0. The number of hydrogen-bond acceptors (Lipinski definition) is 4. The third kappa shape index (κ3) is 2.44. The van der Waals surface area contributed by atoms with Crippen LogP contribution in [0.15, 0.2) is 15.8 Å². The molecular weight excluding hydrogens is 226 g/mol. The molecule has 2 heterocycles. The number of aromatic amines is 1. The van der Waals surface area contributed by atoms with Gasteiger partial charge >= 0.3 is 11.7 Å². The topological polar surface area (TPSA) is 104 Å². The van der Waals surface area contributed by atoms with Gasteiger partial charge in [0.15, 0.2) is 0 Å². The van der Waals surface area contributed by atoms with Crippen LogP contribution >= 0.6 is 0 Å². The minimum absolute atomic E-state index is 0.292. The first-order valence-corrected chi connectivity index (χ1v) is 5.35. The van der Waals surface area contributed by atoms with Gasteiger partial charge in [0, 0.05) is 12.7 Å². The predicted octanol–water partition coefficient (Wildman–Crippen LogP) is -1.16. The highest BCUT2D eigenvalue weighted by Crippen LogP contribution is 2.08. The van der Waals surface area contributed by atoms with E-state index in [4.69, 9.17) is 5.11 Å². The van der Waals surface area contributed by atoms with Crippen molar-refractivity contribution in [3.63, 3.8) is 0 Å². The maximum absolute atomic E-state index is 11.5. The van der Waals surface area contributed by atoms with E-state index < -0.39 is 22.8 Å². The summed E-state index contributed by atoms with van der Waals surface area (Å²) in [6, 6.07) is 0. The van der Waals surface area contributed by atoms with E-state index in [9.17, 15) is 14.4 Å². The van der Waals surface area contributed by atoms with Gasteiger partial charge in [0.1, 0.15) is 5.56 Å². The van der Waals surface area contributed by atoms with E-state index in [0.717, 1.165) is 25.7 Å². The number of nitrogens with zero attached hydrogens (tertiary/aromatic N) is 1. The average Bonchev–Trinajstić information content (AvgIpc) is 2.74. The molecule has 1 aliphatic rings. The predicted molar refractivity (Wildman–Crippen MR) is 59.3 cm³/mol. The SMILES string of the molecule is O=C(O)c1cn(CC2CCNC2)c(=O)[nH]c1=O. The number of aromatic nitrogens is 2. The Hall–Kier alpha value is -1.89. The van der Waals surface area contributed by atoms with Crippen LogP contribution < -0.4 is 16.6 Å². The molecule has 1 aliphatic heterocycles. The first-order chi connectivity index (χ1) is 8.08. The molecule has 0 radical (unpaired) electrons. The molecular formula is C10H13N3O4. The Bertz CT molecular complexity index is 539. The third-order valence-electron chi connectivity index (χ3n) is 2.86. The second-order valence-corrected chi connectivity index (χ2v) is 4.12. The molecule has 0 saturated carbocycles. The standard InChI is InChI=1S/C10H13N3O4/c14-8-7(9(15)16)5-13(10(17)12-8)4-6-1-2-11-3-6/h5-6,11H,1-4H2,(H,15,16)(H,12,14,17). The molecule has 7 nitrogen and oxygen atoms in total. The van der Waals surface area contributed by atoms with E-state index in [1.54, 1.807) is 0 Å². The molecule has 7 heteroatoms. The van der Waals surface area contributed by atoms with E-state index in [-0.39, 0.29) is 0 Å². The highest BCUT2D eigenvalue weighted by atomic mass is 16.4. The highest BCUT2D eigenvalue weighted by Gasteiger charge is 2.17. The Labute approximate surface area is 96.1 Å². The second-order valence-electron chi connectivity index (χ2n) is 4.12. The molecule has 0 aliphatic carbocycles. The number of aromatic carboxylic acids is 1. The minimum Gasteiger partial charge on any atom is -0.477 e. The van der Waals surface area contributed by atoms with Gasteiger partial charge < -0.3 is 10.4 Å². The molecule has 1 saturated heterocycles. The van der Waals surface area contributed by atoms with Gasteiger partial charge in [-0.25, -0.2) is 9.59 Å². The highest BCUT2D eigenvalue weighted by molar-refractivity contribution is 5.86. The van der Waals surface area contributed by atoms with Gasteiger partial charge in [0.2, 0.25) is 0 Å². The molecule has 1 unspecified atom stereocenters. The van der Waals surface area contributed by atoms with E-state index in [2.05, 4.69) is 5.32 Å². The van der Waals surface area contributed by atoms with Crippen molar-refractivity contribution in [1.82, 2.24) is 14.9 Å². The second kappa shape index (κ2) is 4.54. The normalized spacial score (nSPS) is 19.4. The number of rotatable bonds is 3. The molecule has 2 rings (SSSR count). The summed E-state index contributed by atoms with van der Waals surface area (Å²) in [6.07, 6.45) is 2.05. The Balaban J connectivity index is 2.33. The van der Waals surface area contributed by atoms with Crippen molar-refractivity contribution in [2.45, 2.75) is 13.0 Å². The first kappa shape index (κ1) is 11.6. The molecule has 1 atom stereocenters. The van der Waals surface area contributed by atoms with Crippen LogP contribution in [0.2, 0.25) is 0 Å². The Morgan fingerprint density at radius 1 is 1.53 bits per heavy atom. The summed E-state index contributed by atoms with van der Waals surface area (Å²) in [5.41, 5.74) is -1.83. The number of H-pyrrole nitrogens is 1. The number of carboxylic acid groups (broad SMARTS) is 1. The summed E-state index contributed by atoms with van der Waals surface area (Å²) in [5.74, 6) is -1.04. The summed E-state index contributed by atoms with van der Waals surface area (Å²) >= 11 is 0. The molecule has 0 spiro atoms. The van der Waals surface area contributed by atoms with Crippen molar-refractivity contribution in [1.29, 1.82) is 0 Å². The summed E-state index contributed by atoms with van der Waals surface area (Å²) in [7, 11) is 0. The van der Waals surface area contributed by atoms with Crippen molar-refractivity contribution < 1.29 is 9.90 Å². The molecule has 1 aromatic heterocycles.